The Balaban J connectivity index is 0.000000614. The highest BCUT2D eigenvalue weighted by Gasteiger charge is 2.21. The number of hydrogen-bond donors (Lipinski definition) is 4. The van der Waals surface area contributed by atoms with Gasteiger partial charge in [-0.25, -0.2) is 0 Å². The Bertz CT molecular complexity index is 916. The van der Waals surface area contributed by atoms with Crippen molar-refractivity contribution in [2.45, 2.75) is 0 Å². The van der Waals surface area contributed by atoms with Crippen molar-refractivity contribution in [2.24, 2.45) is 0 Å². The second-order valence-electron chi connectivity index (χ2n) is 7.70. The third-order valence-corrected chi connectivity index (χ3v) is 5.02. The van der Waals surface area contributed by atoms with E-state index in [-0.39, 0.29) is 0 Å². The van der Waals surface area contributed by atoms with Gasteiger partial charge in [0.25, 0.3) is 0 Å². The standard InChI is InChI=1S/C20H30N6.H2O4S/c1-23(2)15-5-7-17(21)19(13-15)25-9-11-26(12-10-25)20-14-16(24(3)4)6-8-18(20)22;1-5(2,3)4/h5-8,13-14H,9-12,21-22H2,1-4H3;(H2,1,2,3,4). The van der Waals surface area contributed by atoms with Crippen molar-refractivity contribution >= 4 is 44.5 Å². The van der Waals surface area contributed by atoms with Crippen molar-refractivity contribution in [3.63, 3.8) is 0 Å². The molecule has 3 rings (SSSR count). The first-order chi connectivity index (χ1) is 14.4. The Morgan fingerprint density at radius 3 is 1.29 bits per heavy atom. The molecule has 31 heavy (non-hydrogen) atoms. The van der Waals surface area contributed by atoms with Crippen LogP contribution in [0.15, 0.2) is 36.4 Å². The van der Waals surface area contributed by atoms with E-state index >= 15 is 0 Å². The molecule has 0 atom stereocenters. The molecular formula is C20H32N6O4S. The van der Waals surface area contributed by atoms with Crippen LogP contribution in [0.2, 0.25) is 0 Å². The molecule has 0 aromatic heterocycles. The van der Waals surface area contributed by atoms with E-state index in [0.29, 0.717) is 0 Å². The van der Waals surface area contributed by atoms with Crippen molar-refractivity contribution in [3.8, 4) is 0 Å². The third kappa shape index (κ3) is 7.09. The lowest BCUT2D eigenvalue weighted by Gasteiger charge is -2.38. The predicted octanol–water partition coefficient (Wildman–Crippen LogP) is 1.66. The lowest BCUT2D eigenvalue weighted by Crippen LogP contribution is -2.47. The first-order valence-electron chi connectivity index (χ1n) is 9.70. The molecule has 0 spiro atoms. The third-order valence-electron chi connectivity index (χ3n) is 5.02. The molecule has 10 nitrogen and oxygen atoms in total. The van der Waals surface area contributed by atoms with Gasteiger partial charge in [-0.05, 0) is 36.4 Å². The molecule has 1 fully saturated rings. The fourth-order valence-corrected chi connectivity index (χ4v) is 3.36. The minimum Gasteiger partial charge on any atom is -0.397 e. The fraction of sp³-hybridized carbons (Fsp3) is 0.400. The number of hydrogen-bond acceptors (Lipinski definition) is 8. The maximum Gasteiger partial charge on any atom is 0.394 e. The van der Waals surface area contributed by atoms with Crippen molar-refractivity contribution in [1.29, 1.82) is 0 Å². The highest BCUT2D eigenvalue weighted by Crippen LogP contribution is 2.32. The number of anilines is 6. The Labute approximate surface area is 184 Å². The van der Waals surface area contributed by atoms with Crippen LogP contribution < -0.4 is 31.1 Å². The molecule has 2 aromatic carbocycles. The van der Waals surface area contributed by atoms with Gasteiger partial charge in [0.2, 0.25) is 0 Å². The summed E-state index contributed by atoms with van der Waals surface area (Å²) in [6.45, 7) is 3.69. The molecule has 0 bridgehead atoms. The Morgan fingerprint density at radius 1 is 0.742 bits per heavy atom. The molecule has 1 aliphatic heterocycles. The molecule has 172 valence electrons. The molecule has 11 heteroatoms. The van der Waals surface area contributed by atoms with Gasteiger partial charge in [0, 0.05) is 65.7 Å². The van der Waals surface area contributed by atoms with Gasteiger partial charge in [-0.3, -0.25) is 9.11 Å². The summed E-state index contributed by atoms with van der Waals surface area (Å²) in [6.07, 6.45) is 0. The minimum atomic E-state index is -4.67. The van der Waals surface area contributed by atoms with Crippen molar-refractivity contribution in [3.05, 3.63) is 36.4 Å². The zero-order valence-electron chi connectivity index (χ0n) is 18.4. The van der Waals surface area contributed by atoms with E-state index in [4.69, 9.17) is 29.0 Å². The van der Waals surface area contributed by atoms with Gasteiger partial charge in [0.15, 0.2) is 0 Å². The van der Waals surface area contributed by atoms with Crippen LogP contribution in [0.4, 0.5) is 34.1 Å². The number of nitrogens with zero attached hydrogens (tertiary/aromatic N) is 4. The lowest BCUT2D eigenvalue weighted by atomic mass is 10.1. The van der Waals surface area contributed by atoms with E-state index in [9.17, 15) is 0 Å². The topological polar surface area (TPSA) is 140 Å². The van der Waals surface area contributed by atoms with E-state index in [1.54, 1.807) is 0 Å². The average molecular weight is 453 g/mol. The van der Waals surface area contributed by atoms with E-state index in [2.05, 4.69) is 43.9 Å². The monoisotopic (exact) mass is 452 g/mol. The summed E-state index contributed by atoms with van der Waals surface area (Å²) < 4.78 is 31.6. The van der Waals surface area contributed by atoms with Crippen LogP contribution in [0.25, 0.3) is 0 Å². The van der Waals surface area contributed by atoms with Crippen LogP contribution in [0.3, 0.4) is 0 Å². The van der Waals surface area contributed by atoms with Crippen molar-refractivity contribution in [1.82, 2.24) is 0 Å². The predicted molar refractivity (Wildman–Crippen MR) is 129 cm³/mol. The van der Waals surface area contributed by atoms with Crippen LogP contribution in [0, 0.1) is 0 Å². The average Bonchev–Trinajstić information content (AvgIpc) is 2.67. The lowest BCUT2D eigenvalue weighted by molar-refractivity contribution is 0.381. The molecule has 0 saturated carbocycles. The molecule has 1 heterocycles. The van der Waals surface area contributed by atoms with Crippen LogP contribution in [0.5, 0.6) is 0 Å². The van der Waals surface area contributed by atoms with Crippen LogP contribution in [-0.2, 0) is 10.4 Å². The summed E-state index contributed by atoms with van der Waals surface area (Å²) in [7, 11) is 3.53. The number of nitrogens with two attached hydrogens (primary N) is 2. The molecule has 1 aliphatic rings. The van der Waals surface area contributed by atoms with Crippen molar-refractivity contribution < 1.29 is 17.5 Å². The summed E-state index contributed by atoms with van der Waals surface area (Å²) in [5.74, 6) is 0. The van der Waals surface area contributed by atoms with E-state index in [1.807, 2.05) is 40.3 Å². The Morgan fingerprint density at radius 2 is 1.03 bits per heavy atom. The van der Waals surface area contributed by atoms with Gasteiger partial charge >= 0.3 is 10.4 Å². The maximum absolute atomic E-state index is 8.74. The molecule has 0 aliphatic carbocycles. The highest BCUT2D eigenvalue weighted by atomic mass is 32.3. The summed E-state index contributed by atoms with van der Waals surface area (Å²) in [4.78, 5) is 8.94. The van der Waals surface area contributed by atoms with Crippen LogP contribution in [-0.4, -0.2) is 71.9 Å². The van der Waals surface area contributed by atoms with E-state index in [1.165, 1.54) is 11.4 Å². The first kappa shape index (κ1) is 24.4. The summed E-state index contributed by atoms with van der Waals surface area (Å²) in [5.41, 5.74) is 18.7. The molecule has 1 saturated heterocycles. The number of benzene rings is 2. The van der Waals surface area contributed by atoms with Gasteiger partial charge < -0.3 is 31.1 Å². The quantitative estimate of drug-likeness (QED) is 0.400. The number of nitrogen functional groups attached to an aromatic ring is 2. The zero-order chi connectivity index (χ0) is 23.3. The Hall–Kier alpha value is -2.89. The maximum atomic E-state index is 8.74. The molecule has 2 aromatic rings. The van der Waals surface area contributed by atoms with Crippen LogP contribution >= 0.6 is 0 Å². The molecule has 6 N–H and O–H groups in total. The van der Waals surface area contributed by atoms with E-state index < -0.39 is 10.4 Å². The van der Waals surface area contributed by atoms with Gasteiger partial charge in [-0.15, -0.1) is 0 Å². The summed E-state index contributed by atoms with van der Waals surface area (Å²) in [5, 5.41) is 0. The smallest absolute Gasteiger partial charge is 0.394 e. The summed E-state index contributed by atoms with van der Waals surface area (Å²) >= 11 is 0. The molecule has 0 radical (unpaired) electrons. The SMILES string of the molecule is CN(C)c1ccc(N)c(N2CCN(c3cc(N(C)C)ccc3N)CC2)c1.O=S(=O)(O)O. The normalized spacial score (nSPS) is 14.0. The van der Waals surface area contributed by atoms with Gasteiger partial charge in [0.05, 0.1) is 22.7 Å². The van der Waals surface area contributed by atoms with Gasteiger partial charge in [-0.1, -0.05) is 0 Å². The minimum absolute atomic E-state index is 0.832. The molecule has 0 unspecified atom stereocenters. The molecule has 0 amide bonds. The van der Waals surface area contributed by atoms with Crippen molar-refractivity contribution in [2.75, 3.05) is 85.4 Å². The highest BCUT2D eigenvalue weighted by molar-refractivity contribution is 7.79. The largest absolute Gasteiger partial charge is 0.397 e. The Kier molecular flexibility index (Phi) is 7.82. The van der Waals surface area contributed by atoms with Gasteiger partial charge in [0.1, 0.15) is 0 Å². The second kappa shape index (κ2) is 9.94. The zero-order valence-corrected chi connectivity index (χ0v) is 19.2. The number of piperazine rings is 1. The van der Waals surface area contributed by atoms with E-state index in [0.717, 1.165) is 48.9 Å². The summed E-state index contributed by atoms with van der Waals surface area (Å²) in [6, 6.07) is 12.5. The molecular weight excluding hydrogens is 420 g/mol. The number of rotatable bonds is 4. The first-order valence-corrected chi connectivity index (χ1v) is 11.1. The second-order valence-corrected chi connectivity index (χ2v) is 8.59. The van der Waals surface area contributed by atoms with Crippen LogP contribution in [0.1, 0.15) is 0 Å². The fourth-order valence-electron chi connectivity index (χ4n) is 3.36. The van der Waals surface area contributed by atoms with Gasteiger partial charge in [-0.2, -0.15) is 8.42 Å².